The second kappa shape index (κ2) is 7.63. The number of nitrogens with zero attached hydrogens (tertiary/aromatic N) is 1. The molecule has 2 aliphatic heterocycles. The standard InChI is InChI=1S/C21H24N2OS/c24-21(23-13-12-18-8-9-19(14-23)22-18)17-6-10-20(11-7-17)25-15-16-4-2-1-3-5-16/h1-7,10-11,18-19,22H,8-9,12-15H2. The number of amides is 1. The van der Waals surface area contributed by atoms with Crippen LogP contribution in [0.3, 0.4) is 0 Å². The minimum atomic E-state index is 0.175. The van der Waals surface area contributed by atoms with E-state index < -0.39 is 0 Å². The van der Waals surface area contributed by atoms with Gasteiger partial charge in [-0.3, -0.25) is 4.79 Å². The summed E-state index contributed by atoms with van der Waals surface area (Å²) in [5.41, 5.74) is 2.13. The summed E-state index contributed by atoms with van der Waals surface area (Å²) in [4.78, 5) is 16.0. The van der Waals surface area contributed by atoms with E-state index in [0.29, 0.717) is 12.1 Å². The van der Waals surface area contributed by atoms with Crippen LogP contribution in [-0.2, 0) is 5.75 Å². The van der Waals surface area contributed by atoms with Crippen molar-refractivity contribution in [1.82, 2.24) is 10.2 Å². The fraction of sp³-hybridized carbons (Fsp3) is 0.381. The number of likely N-dealkylation sites (tertiary alicyclic amines) is 1. The highest BCUT2D eigenvalue weighted by molar-refractivity contribution is 7.98. The zero-order chi connectivity index (χ0) is 17.1. The quantitative estimate of drug-likeness (QED) is 0.846. The van der Waals surface area contributed by atoms with Crippen LogP contribution in [0.2, 0.25) is 0 Å². The zero-order valence-corrected chi connectivity index (χ0v) is 15.2. The molecule has 3 nitrogen and oxygen atoms in total. The first-order valence-electron chi connectivity index (χ1n) is 9.10. The van der Waals surface area contributed by atoms with Gasteiger partial charge in [0.25, 0.3) is 5.91 Å². The topological polar surface area (TPSA) is 32.3 Å². The van der Waals surface area contributed by atoms with E-state index in [-0.39, 0.29) is 5.91 Å². The first-order valence-corrected chi connectivity index (χ1v) is 10.1. The van der Waals surface area contributed by atoms with E-state index in [9.17, 15) is 4.79 Å². The van der Waals surface area contributed by atoms with Crippen molar-refractivity contribution in [3.05, 3.63) is 65.7 Å². The van der Waals surface area contributed by atoms with E-state index in [0.717, 1.165) is 30.8 Å². The number of hydrogen-bond donors (Lipinski definition) is 1. The number of benzene rings is 2. The number of fused-ring (bicyclic) bond motifs is 2. The molecule has 0 aromatic heterocycles. The van der Waals surface area contributed by atoms with Crippen molar-refractivity contribution in [3.63, 3.8) is 0 Å². The van der Waals surface area contributed by atoms with Crippen LogP contribution in [0.4, 0.5) is 0 Å². The third-order valence-electron chi connectivity index (χ3n) is 5.16. The Morgan fingerprint density at radius 2 is 1.76 bits per heavy atom. The van der Waals surface area contributed by atoms with Gasteiger partial charge in [0.1, 0.15) is 0 Å². The van der Waals surface area contributed by atoms with Crippen LogP contribution < -0.4 is 5.32 Å². The number of carbonyl (C=O) groups excluding carboxylic acids is 1. The van der Waals surface area contributed by atoms with Crippen LogP contribution in [0, 0.1) is 0 Å². The normalized spacial score (nSPS) is 22.6. The van der Waals surface area contributed by atoms with Crippen molar-refractivity contribution in [2.45, 2.75) is 42.0 Å². The van der Waals surface area contributed by atoms with E-state index in [1.807, 2.05) is 34.9 Å². The minimum absolute atomic E-state index is 0.175. The molecule has 0 spiro atoms. The lowest BCUT2D eigenvalue weighted by atomic mass is 10.1. The number of rotatable bonds is 4. The molecule has 2 saturated heterocycles. The number of nitrogens with one attached hydrogen (secondary N) is 1. The molecule has 4 heteroatoms. The Labute approximate surface area is 153 Å². The molecule has 2 heterocycles. The SMILES string of the molecule is O=C(c1ccc(SCc2ccccc2)cc1)N1CCC2CCC(C1)N2. The second-order valence-electron chi connectivity index (χ2n) is 6.98. The Kier molecular flexibility index (Phi) is 5.09. The average molecular weight is 353 g/mol. The lowest BCUT2D eigenvalue weighted by molar-refractivity contribution is 0.0748. The molecule has 0 aliphatic carbocycles. The smallest absolute Gasteiger partial charge is 0.253 e. The van der Waals surface area contributed by atoms with Gasteiger partial charge in [0.2, 0.25) is 0 Å². The predicted octanol–water partition coefficient (Wildman–Crippen LogP) is 3.95. The molecule has 1 N–H and O–H groups in total. The molecule has 2 atom stereocenters. The van der Waals surface area contributed by atoms with Crippen LogP contribution in [0.1, 0.15) is 35.2 Å². The molecule has 2 aromatic rings. The Bertz CT molecular complexity index is 716. The highest BCUT2D eigenvalue weighted by Crippen LogP contribution is 2.25. The highest BCUT2D eigenvalue weighted by Gasteiger charge is 2.31. The van der Waals surface area contributed by atoms with Gasteiger partial charge < -0.3 is 10.2 Å². The van der Waals surface area contributed by atoms with E-state index in [2.05, 4.69) is 41.7 Å². The van der Waals surface area contributed by atoms with E-state index in [4.69, 9.17) is 0 Å². The van der Waals surface area contributed by atoms with Crippen molar-refractivity contribution in [2.24, 2.45) is 0 Å². The monoisotopic (exact) mass is 352 g/mol. The van der Waals surface area contributed by atoms with Crippen LogP contribution in [0.15, 0.2) is 59.5 Å². The number of hydrogen-bond acceptors (Lipinski definition) is 3. The number of thioether (sulfide) groups is 1. The lowest BCUT2D eigenvalue weighted by Gasteiger charge is -2.24. The molecular formula is C21H24N2OS. The summed E-state index contributed by atoms with van der Waals surface area (Å²) in [6.07, 6.45) is 3.54. The molecule has 2 aromatic carbocycles. The van der Waals surface area contributed by atoms with Gasteiger partial charge in [-0.1, -0.05) is 30.3 Å². The van der Waals surface area contributed by atoms with Crippen molar-refractivity contribution < 1.29 is 4.79 Å². The zero-order valence-electron chi connectivity index (χ0n) is 14.4. The summed E-state index contributed by atoms with van der Waals surface area (Å²) >= 11 is 1.81. The highest BCUT2D eigenvalue weighted by atomic mass is 32.2. The molecule has 1 amide bonds. The first kappa shape index (κ1) is 16.7. The lowest BCUT2D eigenvalue weighted by Crippen LogP contribution is -2.39. The third-order valence-corrected chi connectivity index (χ3v) is 6.24. The van der Waals surface area contributed by atoms with Gasteiger partial charge in [0.15, 0.2) is 0 Å². The Morgan fingerprint density at radius 3 is 2.56 bits per heavy atom. The fourth-order valence-electron chi connectivity index (χ4n) is 3.74. The van der Waals surface area contributed by atoms with Crippen LogP contribution in [0.5, 0.6) is 0 Å². The summed E-state index contributed by atoms with van der Waals surface area (Å²) in [7, 11) is 0. The summed E-state index contributed by atoms with van der Waals surface area (Å²) in [5, 5.41) is 3.63. The fourth-order valence-corrected chi connectivity index (χ4v) is 4.60. The maximum absolute atomic E-state index is 12.8. The Hall–Kier alpha value is -1.78. The van der Waals surface area contributed by atoms with Crippen molar-refractivity contribution >= 4 is 17.7 Å². The molecule has 25 heavy (non-hydrogen) atoms. The van der Waals surface area contributed by atoms with E-state index >= 15 is 0 Å². The van der Waals surface area contributed by atoms with Gasteiger partial charge >= 0.3 is 0 Å². The van der Waals surface area contributed by atoms with Crippen molar-refractivity contribution in [2.75, 3.05) is 13.1 Å². The molecule has 2 bridgehead atoms. The molecule has 4 rings (SSSR count). The molecule has 2 unspecified atom stereocenters. The summed E-state index contributed by atoms with van der Waals surface area (Å²) in [6.45, 7) is 1.72. The predicted molar refractivity (Wildman–Crippen MR) is 103 cm³/mol. The van der Waals surface area contributed by atoms with Crippen LogP contribution in [-0.4, -0.2) is 36.0 Å². The Morgan fingerprint density at radius 1 is 1.00 bits per heavy atom. The molecule has 130 valence electrons. The van der Waals surface area contributed by atoms with Crippen LogP contribution in [0.25, 0.3) is 0 Å². The minimum Gasteiger partial charge on any atom is -0.337 e. The Balaban J connectivity index is 1.37. The largest absolute Gasteiger partial charge is 0.337 e. The molecular weight excluding hydrogens is 328 g/mol. The van der Waals surface area contributed by atoms with Gasteiger partial charge in [-0.2, -0.15) is 0 Å². The first-order chi connectivity index (χ1) is 12.3. The summed E-state index contributed by atoms with van der Waals surface area (Å²) < 4.78 is 0. The van der Waals surface area contributed by atoms with Gasteiger partial charge in [0.05, 0.1) is 0 Å². The van der Waals surface area contributed by atoms with Gasteiger partial charge in [-0.25, -0.2) is 0 Å². The second-order valence-corrected chi connectivity index (χ2v) is 8.03. The molecule has 0 saturated carbocycles. The average Bonchev–Trinajstić information content (AvgIpc) is 2.99. The number of carbonyl (C=O) groups is 1. The van der Waals surface area contributed by atoms with Gasteiger partial charge in [0, 0.05) is 41.4 Å². The molecule has 2 fully saturated rings. The van der Waals surface area contributed by atoms with Crippen molar-refractivity contribution in [1.29, 1.82) is 0 Å². The maximum atomic E-state index is 12.8. The molecule has 0 radical (unpaired) electrons. The van der Waals surface area contributed by atoms with Crippen LogP contribution >= 0.6 is 11.8 Å². The van der Waals surface area contributed by atoms with E-state index in [1.165, 1.54) is 23.3 Å². The molecule has 2 aliphatic rings. The van der Waals surface area contributed by atoms with E-state index in [1.54, 1.807) is 0 Å². The van der Waals surface area contributed by atoms with Gasteiger partial charge in [-0.05, 0) is 49.1 Å². The summed E-state index contributed by atoms with van der Waals surface area (Å²) in [5.74, 6) is 1.13. The third kappa shape index (κ3) is 4.07. The van der Waals surface area contributed by atoms with Gasteiger partial charge in [-0.15, -0.1) is 11.8 Å². The maximum Gasteiger partial charge on any atom is 0.253 e. The van der Waals surface area contributed by atoms with Crippen molar-refractivity contribution in [3.8, 4) is 0 Å². The summed E-state index contributed by atoms with van der Waals surface area (Å²) in [6, 6.07) is 19.7.